The number of nitrogens with zero attached hydrogens (tertiary/aromatic N) is 3. The second-order valence-corrected chi connectivity index (χ2v) is 10.1. The van der Waals surface area contributed by atoms with Gasteiger partial charge in [-0.05, 0) is 44.4 Å². The molecule has 3 aromatic rings. The van der Waals surface area contributed by atoms with Gasteiger partial charge in [-0.15, -0.1) is 11.3 Å². The second kappa shape index (κ2) is 11.4. The van der Waals surface area contributed by atoms with Crippen LogP contribution in [-0.2, 0) is 11.2 Å². The predicted octanol–water partition coefficient (Wildman–Crippen LogP) is 2.85. The van der Waals surface area contributed by atoms with Crippen LogP contribution in [0.5, 0.6) is 0 Å². The van der Waals surface area contributed by atoms with E-state index < -0.39 is 23.4 Å². The first-order valence-electron chi connectivity index (χ1n) is 12.0. The van der Waals surface area contributed by atoms with Crippen LogP contribution in [-0.4, -0.2) is 55.9 Å². The zero-order chi connectivity index (χ0) is 27.3. The van der Waals surface area contributed by atoms with Crippen LogP contribution in [0.2, 0.25) is 0 Å². The van der Waals surface area contributed by atoms with Gasteiger partial charge in [0.15, 0.2) is 0 Å². The summed E-state index contributed by atoms with van der Waals surface area (Å²) in [5.41, 5.74) is 4.83. The summed E-state index contributed by atoms with van der Waals surface area (Å²) >= 11 is 1.52. The summed E-state index contributed by atoms with van der Waals surface area (Å²) in [6, 6.07) is 11.7. The van der Waals surface area contributed by atoms with E-state index in [2.05, 4.69) is 26.1 Å². The first-order valence-corrected chi connectivity index (χ1v) is 12.9. The van der Waals surface area contributed by atoms with Crippen LogP contribution >= 0.6 is 11.3 Å². The van der Waals surface area contributed by atoms with Gasteiger partial charge in [-0.3, -0.25) is 30.2 Å². The molecule has 0 saturated carbocycles. The van der Waals surface area contributed by atoms with Crippen LogP contribution in [0.1, 0.15) is 62.9 Å². The Kier molecular flexibility index (Phi) is 8.01. The van der Waals surface area contributed by atoms with Crippen molar-refractivity contribution in [1.29, 1.82) is 0 Å². The zero-order valence-electron chi connectivity index (χ0n) is 20.9. The molecule has 0 spiro atoms. The molecule has 2 atom stereocenters. The van der Waals surface area contributed by atoms with Gasteiger partial charge in [0.1, 0.15) is 16.2 Å². The third-order valence-corrected chi connectivity index (χ3v) is 7.31. The number of hydrogen-bond donors (Lipinski definition) is 4. The highest BCUT2D eigenvalue weighted by atomic mass is 32.1. The Morgan fingerprint density at radius 1 is 1.16 bits per heavy atom. The maximum Gasteiger partial charge on any atom is 0.405 e. The summed E-state index contributed by atoms with van der Waals surface area (Å²) in [5, 5.41) is 14.3. The largest absolute Gasteiger partial charge is 0.465 e. The van der Waals surface area contributed by atoms with E-state index in [0.717, 1.165) is 29.1 Å². The van der Waals surface area contributed by atoms with Crippen molar-refractivity contribution in [2.75, 3.05) is 6.54 Å². The van der Waals surface area contributed by atoms with Crippen molar-refractivity contribution in [3.63, 3.8) is 0 Å². The summed E-state index contributed by atoms with van der Waals surface area (Å²) in [4.78, 5) is 60.7. The second-order valence-electron chi connectivity index (χ2n) is 9.25. The average molecular weight is 537 g/mol. The van der Waals surface area contributed by atoms with E-state index in [1.165, 1.54) is 36.6 Å². The summed E-state index contributed by atoms with van der Waals surface area (Å²) < 4.78 is 0. The molecule has 0 radical (unpaired) electrons. The third-order valence-electron chi connectivity index (χ3n) is 6.25. The Hall–Kier alpha value is -4.32. The van der Waals surface area contributed by atoms with Crippen molar-refractivity contribution in [1.82, 2.24) is 31.0 Å². The Labute approximate surface area is 223 Å². The molecule has 1 saturated heterocycles. The highest BCUT2D eigenvalue weighted by molar-refractivity contribution is 7.09. The lowest BCUT2D eigenvalue weighted by Crippen LogP contribution is -2.61. The summed E-state index contributed by atoms with van der Waals surface area (Å²) in [5.74, 6) is -1.75. The van der Waals surface area contributed by atoms with Gasteiger partial charge in [-0.1, -0.05) is 30.3 Å². The Morgan fingerprint density at radius 3 is 2.61 bits per heavy atom. The number of aryl methyl sites for hydroxylation is 1. The number of pyridine rings is 1. The molecule has 1 aliphatic rings. The molecule has 198 valence electrons. The average Bonchev–Trinajstić information content (AvgIpc) is 3.55. The van der Waals surface area contributed by atoms with Gasteiger partial charge in [0.05, 0.1) is 6.04 Å². The van der Waals surface area contributed by atoms with Gasteiger partial charge in [-0.25, -0.2) is 9.78 Å². The van der Waals surface area contributed by atoms with E-state index in [1.807, 2.05) is 18.4 Å². The van der Waals surface area contributed by atoms with Crippen molar-refractivity contribution in [2.45, 2.75) is 44.7 Å². The summed E-state index contributed by atoms with van der Waals surface area (Å²) in [6.07, 6.45) is 1.69. The van der Waals surface area contributed by atoms with E-state index in [1.54, 1.807) is 29.2 Å². The SMILES string of the molecule is Cc1csc([C@H]2CCCN2C(=O)c2ccnc(C(=O)NNC(=O)[C@@](C)(Cc3ccccc3)NC(=O)O)c2)n1. The van der Waals surface area contributed by atoms with Crippen LogP contribution in [0.4, 0.5) is 4.79 Å². The minimum atomic E-state index is -1.56. The van der Waals surface area contributed by atoms with Gasteiger partial charge in [-0.2, -0.15) is 0 Å². The fourth-order valence-electron chi connectivity index (χ4n) is 4.38. The molecule has 4 rings (SSSR count). The van der Waals surface area contributed by atoms with E-state index in [9.17, 15) is 24.3 Å². The van der Waals surface area contributed by atoms with Crippen LogP contribution in [0.15, 0.2) is 54.0 Å². The number of hydrogen-bond acceptors (Lipinski definition) is 7. The number of thiazole rings is 1. The van der Waals surface area contributed by atoms with Crippen LogP contribution in [0, 0.1) is 6.92 Å². The predicted molar refractivity (Wildman–Crippen MR) is 139 cm³/mol. The van der Waals surface area contributed by atoms with Crippen LogP contribution in [0.25, 0.3) is 0 Å². The lowest BCUT2D eigenvalue weighted by molar-refractivity contribution is -0.127. The number of nitrogens with one attached hydrogen (secondary N) is 3. The molecule has 1 aromatic carbocycles. The summed E-state index contributed by atoms with van der Waals surface area (Å²) in [7, 11) is 0. The number of benzene rings is 1. The fraction of sp³-hybridized carbons (Fsp3) is 0.308. The Balaban J connectivity index is 1.43. The van der Waals surface area contributed by atoms with Gasteiger partial charge < -0.3 is 15.3 Å². The molecule has 2 aromatic heterocycles. The summed E-state index contributed by atoms with van der Waals surface area (Å²) in [6.45, 7) is 3.91. The number of amides is 4. The van der Waals surface area contributed by atoms with Gasteiger partial charge >= 0.3 is 6.09 Å². The number of hydrazine groups is 1. The Morgan fingerprint density at radius 2 is 1.92 bits per heavy atom. The molecule has 1 fully saturated rings. The van der Waals surface area contributed by atoms with E-state index in [-0.39, 0.29) is 29.6 Å². The van der Waals surface area contributed by atoms with Crippen LogP contribution < -0.4 is 16.2 Å². The molecular formula is C26H28N6O5S. The van der Waals surface area contributed by atoms with Crippen molar-refractivity contribution >= 4 is 35.2 Å². The van der Waals surface area contributed by atoms with Crippen molar-refractivity contribution in [3.8, 4) is 0 Å². The monoisotopic (exact) mass is 536 g/mol. The Bertz CT molecular complexity index is 1350. The molecule has 0 bridgehead atoms. The molecule has 11 nitrogen and oxygen atoms in total. The normalized spacial score (nSPS) is 16.4. The first-order chi connectivity index (χ1) is 18.2. The van der Waals surface area contributed by atoms with Crippen molar-refractivity contribution < 1.29 is 24.3 Å². The molecular weight excluding hydrogens is 508 g/mol. The molecule has 1 aliphatic heterocycles. The van der Waals surface area contributed by atoms with Crippen LogP contribution in [0.3, 0.4) is 0 Å². The van der Waals surface area contributed by atoms with Crippen molar-refractivity contribution in [2.24, 2.45) is 0 Å². The van der Waals surface area contributed by atoms with E-state index >= 15 is 0 Å². The number of carboxylic acid groups (broad SMARTS) is 1. The van der Waals surface area contributed by atoms with Crippen molar-refractivity contribution in [3.05, 3.63) is 81.6 Å². The topological polar surface area (TPSA) is 154 Å². The zero-order valence-corrected chi connectivity index (χ0v) is 21.7. The highest BCUT2D eigenvalue weighted by Gasteiger charge is 2.36. The molecule has 38 heavy (non-hydrogen) atoms. The number of rotatable bonds is 7. The molecule has 12 heteroatoms. The minimum absolute atomic E-state index is 0.0553. The van der Waals surface area contributed by atoms with Gasteiger partial charge in [0.25, 0.3) is 17.7 Å². The lowest BCUT2D eigenvalue weighted by atomic mass is 9.92. The molecule has 3 heterocycles. The molecule has 0 aliphatic carbocycles. The standard InChI is InChI=1S/C26H28N6O5S/c1-16-15-38-22(28-16)20-9-6-12-32(20)23(34)18-10-11-27-19(13-18)21(33)30-31-24(35)26(2,29-25(36)37)14-17-7-4-3-5-8-17/h3-5,7-8,10-11,13,15,20,29H,6,9,12,14H2,1-2H3,(H,30,33)(H,31,35)(H,36,37)/t20-,26-/m1/s1. The van der Waals surface area contributed by atoms with E-state index in [4.69, 9.17) is 0 Å². The first kappa shape index (κ1) is 26.7. The smallest absolute Gasteiger partial charge is 0.405 e. The maximum atomic E-state index is 13.3. The lowest BCUT2D eigenvalue weighted by Gasteiger charge is -2.28. The number of likely N-dealkylation sites (tertiary alicyclic amines) is 1. The third kappa shape index (κ3) is 6.14. The number of aromatic nitrogens is 2. The number of carbonyl (C=O) groups excluding carboxylic acids is 3. The van der Waals surface area contributed by atoms with E-state index in [0.29, 0.717) is 6.54 Å². The quantitative estimate of drug-likeness (QED) is 0.339. The minimum Gasteiger partial charge on any atom is -0.465 e. The highest BCUT2D eigenvalue weighted by Crippen LogP contribution is 2.34. The number of carbonyl (C=O) groups is 4. The molecule has 0 unspecified atom stereocenters. The maximum absolute atomic E-state index is 13.3. The van der Waals surface area contributed by atoms with Gasteiger partial charge in [0, 0.05) is 35.8 Å². The molecule has 4 N–H and O–H groups in total. The fourth-order valence-corrected chi connectivity index (χ4v) is 5.33. The van der Waals surface area contributed by atoms with Gasteiger partial charge in [0.2, 0.25) is 0 Å². The molecule has 4 amide bonds.